The highest BCUT2D eigenvalue weighted by atomic mass is 16.6. The summed E-state index contributed by atoms with van der Waals surface area (Å²) >= 11 is 0. The summed E-state index contributed by atoms with van der Waals surface area (Å²) in [6.07, 6.45) is 23.2. The molecule has 30 heavy (non-hydrogen) atoms. The maximum absolute atomic E-state index is 11.8. The molecule has 0 aromatic carbocycles. The van der Waals surface area contributed by atoms with Gasteiger partial charge in [0.2, 0.25) is 0 Å². The third-order valence-corrected chi connectivity index (χ3v) is 4.42. The minimum atomic E-state index is -0.771. The molecule has 0 rings (SSSR count). The first-order valence-electron chi connectivity index (χ1n) is 11.5. The van der Waals surface area contributed by atoms with Gasteiger partial charge < -0.3 is 14.6 Å². The molecule has 0 aliphatic heterocycles. The van der Waals surface area contributed by atoms with E-state index in [0.29, 0.717) is 19.3 Å². The van der Waals surface area contributed by atoms with E-state index in [0.717, 1.165) is 51.4 Å². The quantitative estimate of drug-likeness (QED) is 0.161. The van der Waals surface area contributed by atoms with Gasteiger partial charge in [0.05, 0.1) is 6.61 Å². The lowest BCUT2D eigenvalue weighted by Crippen LogP contribution is -2.28. The third-order valence-electron chi connectivity index (χ3n) is 4.42. The third kappa shape index (κ3) is 19.4. The average Bonchev–Trinajstić information content (AvgIpc) is 2.74. The van der Waals surface area contributed by atoms with Gasteiger partial charge in [-0.25, -0.2) is 0 Å². The zero-order valence-corrected chi connectivity index (χ0v) is 19.0. The molecule has 5 heteroatoms. The van der Waals surface area contributed by atoms with Gasteiger partial charge in [0.15, 0.2) is 6.10 Å². The Bertz CT molecular complexity index is 508. The zero-order valence-electron chi connectivity index (χ0n) is 19.0. The van der Waals surface area contributed by atoms with Crippen LogP contribution in [-0.4, -0.2) is 36.4 Å². The van der Waals surface area contributed by atoms with Crippen molar-refractivity contribution in [2.75, 3.05) is 13.2 Å². The van der Waals surface area contributed by atoms with Crippen LogP contribution >= 0.6 is 0 Å². The molecule has 0 aliphatic rings. The number of aliphatic hydroxyl groups is 1. The summed E-state index contributed by atoms with van der Waals surface area (Å²) in [7, 11) is 0. The maximum atomic E-state index is 11.8. The van der Waals surface area contributed by atoms with Crippen molar-refractivity contribution in [3.63, 3.8) is 0 Å². The van der Waals surface area contributed by atoms with Crippen LogP contribution in [0.25, 0.3) is 0 Å². The zero-order chi connectivity index (χ0) is 22.3. The van der Waals surface area contributed by atoms with Crippen molar-refractivity contribution in [2.45, 2.75) is 97.0 Å². The van der Waals surface area contributed by atoms with Crippen LogP contribution < -0.4 is 0 Å². The summed E-state index contributed by atoms with van der Waals surface area (Å²) in [6, 6.07) is 0. The number of hydrogen-bond donors (Lipinski definition) is 1. The van der Waals surface area contributed by atoms with Gasteiger partial charge in [-0.05, 0) is 44.9 Å². The van der Waals surface area contributed by atoms with E-state index in [4.69, 9.17) is 9.47 Å². The fourth-order valence-corrected chi connectivity index (χ4v) is 2.72. The minimum absolute atomic E-state index is 0.0830. The summed E-state index contributed by atoms with van der Waals surface area (Å²) in [5, 5.41) is 9.24. The van der Waals surface area contributed by atoms with Crippen LogP contribution in [0.1, 0.15) is 90.9 Å². The smallest absolute Gasteiger partial charge is 0.306 e. The van der Waals surface area contributed by atoms with E-state index in [2.05, 4.69) is 43.4 Å². The molecule has 0 aliphatic carbocycles. The van der Waals surface area contributed by atoms with Gasteiger partial charge in [0.1, 0.15) is 6.61 Å². The summed E-state index contributed by atoms with van der Waals surface area (Å²) in [5.41, 5.74) is 0. The molecule has 0 bridgehead atoms. The van der Waals surface area contributed by atoms with Gasteiger partial charge in [-0.2, -0.15) is 0 Å². The Labute approximate surface area is 183 Å². The highest BCUT2D eigenvalue weighted by Gasteiger charge is 2.15. The van der Waals surface area contributed by atoms with E-state index in [9.17, 15) is 14.7 Å². The number of unbranched alkanes of at least 4 members (excludes halogenated alkanes) is 5. The van der Waals surface area contributed by atoms with E-state index >= 15 is 0 Å². The Kier molecular flexibility index (Phi) is 20.5. The Morgan fingerprint density at radius 2 is 1.43 bits per heavy atom. The normalized spacial score (nSPS) is 12.8. The second-order valence-corrected chi connectivity index (χ2v) is 7.33. The highest BCUT2D eigenvalue weighted by molar-refractivity contribution is 5.70. The summed E-state index contributed by atoms with van der Waals surface area (Å²) < 4.78 is 10.1. The summed E-state index contributed by atoms with van der Waals surface area (Å²) in [6.45, 7) is 3.60. The predicted octanol–water partition coefficient (Wildman–Crippen LogP) is 5.82. The van der Waals surface area contributed by atoms with Crippen molar-refractivity contribution in [2.24, 2.45) is 0 Å². The van der Waals surface area contributed by atoms with Gasteiger partial charge in [0, 0.05) is 12.8 Å². The van der Waals surface area contributed by atoms with Crippen molar-refractivity contribution < 1.29 is 24.2 Å². The molecular weight excluding hydrogens is 380 g/mol. The monoisotopic (exact) mass is 422 g/mol. The first-order chi connectivity index (χ1) is 14.6. The molecule has 172 valence electrons. The van der Waals surface area contributed by atoms with Crippen molar-refractivity contribution in [1.82, 2.24) is 0 Å². The summed E-state index contributed by atoms with van der Waals surface area (Å²) in [4.78, 5) is 23.1. The Balaban J connectivity index is 3.60. The molecule has 0 fully saturated rings. The van der Waals surface area contributed by atoms with Gasteiger partial charge in [-0.3, -0.25) is 9.59 Å². The van der Waals surface area contributed by atoms with E-state index in [-0.39, 0.29) is 25.2 Å². The van der Waals surface area contributed by atoms with Crippen LogP contribution in [0.15, 0.2) is 36.5 Å². The van der Waals surface area contributed by atoms with Crippen molar-refractivity contribution >= 4 is 11.9 Å². The molecular formula is C25H42O5. The molecule has 1 N–H and O–H groups in total. The number of rotatable bonds is 19. The Morgan fingerprint density at radius 3 is 2.10 bits per heavy atom. The Hall–Kier alpha value is -1.88. The second kappa shape index (κ2) is 21.8. The molecule has 0 radical (unpaired) electrons. The first kappa shape index (κ1) is 28.1. The Morgan fingerprint density at radius 1 is 0.800 bits per heavy atom. The van der Waals surface area contributed by atoms with Crippen LogP contribution in [0.2, 0.25) is 0 Å². The van der Waals surface area contributed by atoms with Crippen molar-refractivity contribution in [1.29, 1.82) is 0 Å². The topological polar surface area (TPSA) is 72.8 Å². The first-order valence-corrected chi connectivity index (χ1v) is 11.5. The van der Waals surface area contributed by atoms with Crippen LogP contribution in [-0.2, 0) is 19.1 Å². The molecule has 0 aromatic heterocycles. The fraction of sp³-hybridized carbons (Fsp3) is 0.680. The van der Waals surface area contributed by atoms with Gasteiger partial charge >= 0.3 is 11.9 Å². The van der Waals surface area contributed by atoms with E-state index in [1.807, 2.05) is 6.92 Å². The number of hydrogen-bond acceptors (Lipinski definition) is 5. The molecule has 0 aromatic rings. The molecule has 5 nitrogen and oxygen atoms in total. The molecule has 0 amide bonds. The fourth-order valence-electron chi connectivity index (χ4n) is 2.72. The molecule has 0 saturated carbocycles. The van der Waals surface area contributed by atoms with Crippen molar-refractivity contribution in [3.8, 4) is 0 Å². The number of aliphatic hydroxyl groups excluding tert-OH is 1. The maximum Gasteiger partial charge on any atom is 0.306 e. The SMILES string of the molecule is CC/C=C\C/C=C\C/C=C\CCCCCCCC(=O)OC(CO)COC(=O)CCC. The minimum Gasteiger partial charge on any atom is -0.462 e. The predicted molar refractivity (Wildman–Crippen MR) is 122 cm³/mol. The van der Waals surface area contributed by atoms with Crippen molar-refractivity contribution in [3.05, 3.63) is 36.5 Å². The number of carbonyl (C=O) groups excluding carboxylic acids is 2. The number of allylic oxidation sites excluding steroid dienone is 6. The van der Waals surface area contributed by atoms with Gasteiger partial charge in [0.25, 0.3) is 0 Å². The van der Waals surface area contributed by atoms with E-state index in [1.54, 1.807) is 0 Å². The lowest BCUT2D eigenvalue weighted by atomic mass is 10.1. The molecule has 0 spiro atoms. The number of ether oxygens (including phenoxy) is 2. The standard InChI is InChI=1S/C25H42O5/c1-3-5-6-7-8-9-10-11-12-13-14-15-16-17-18-20-25(28)30-23(21-26)22-29-24(27)19-4-2/h5-6,8-9,11-12,23,26H,3-4,7,10,13-22H2,1-2H3/b6-5-,9-8-,12-11-. The van der Waals surface area contributed by atoms with E-state index in [1.165, 1.54) is 6.42 Å². The molecule has 0 saturated heterocycles. The van der Waals surface area contributed by atoms with E-state index < -0.39 is 6.10 Å². The number of carbonyl (C=O) groups is 2. The lowest BCUT2D eigenvalue weighted by molar-refractivity contribution is -0.161. The van der Waals surface area contributed by atoms with Crippen LogP contribution in [0.5, 0.6) is 0 Å². The van der Waals surface area contributed by atoms with Gasteiger partial charge in [-0.15, -0.1) is 0 Å². The van der Waals surface area contributed by atoms with Crippen LogP contribution in [0.3, 0.4) is 0 Å². The number of esters is 2. The highest BCUT2D eigenvalue weighted by Crippen LogP contribution is 2.09. The lowest BCUT2D eigenvalue weighted by Gasteiger charge is -2.15. The summed E-state index contributed by atoms with van der Waals surface area (Å²) in [5.74, 6) is -0.681. The largest absolute Gasteiger partial charge is 0.462 e. The van der Waals surface area contributed by atoms with Gasteiger partial charge in [-0.1, -0.05) is 69.6 Å². The molecule has 0 heterocycles. The molecule has 1 atom stereocenters. The van der Waals surface area contributed by atoms with Crippen LogP contribution in [0.4, 0.5) is 0 Å². The molecule has 1 unspecified atom stereocenters. The average molecular weight is 423 g/mol. The second-order valence-electron chi connectivity index (χ2n) is 7.33. The van der Waals surface area contributed by atoms with Crippen LogP contribution in [0, 0.1) is 0 Å².